The molecule has 0 aliphatic heterocycles. The molecule has 1 aromatic heterocycles. The van der Waals surface area contributed by atoms with E-state index in [2.05, 4.69) is 10.2 Å². The molecule has 1 N–H and O–H groups in total. The molecule has 1 heterocycles. The molecular formula is C17H16FN3O3S. The van der Waals surface area contributed by atoms with Crippen molar-refractivity contribution in [1.82, 2.24) is 14.8 Å². The number of methoxy groups -OCH3 is 3. The number of benzene rings is 2. The Morgan fingerprint density at radius 1 is 1.00 bits per heavy atom. The van der Waals surface area contributed by atoms with Crippen LogP contribution in [-0.4, -0.2) is 36.1 Å². The highest BCUT2D eigenvalue weighted by Crippen LogP contribution is 2.41. The molecule has 0 radical (unpaired) electrons. The SMILES string of the molecule is COc1cc(-c2n[nH]c(=S)n2-c2ccc(F)cc2)cc(OC)c1OC. The van der Waals surface area contributed by atoms with Gasteiger partial charge < -0.3 is 14.2 Å². The van der Waals surface area contributed by atoms with Crippen LogP contribution in [0, 0.1) is 10.6 Å². The summed E-state index contributed by atoms with van der Waals surface area (Å²) in [5.74, 6) is 1.69. The standard InChI is InChI=1S/C17H16FN3O3S/c1-22-13-8-10(9-14(23-2)15(13)24-3)16-19-20-17(25)21(16)12-6-4-11(18)5-7-12/h4-9H,1-3H3,(H,20,25). The van der Waals surface area contributed by atoms with Crippen LogP contribution >= 0.6 is 12.2 Å². The van der Waals surface area contributed by atoms with Crippen molar-refractivity contribution in [3.63, 3.8) is 0 Å². The number of aromatic nitrogens is 3. The second-order valence-electron chi connectivity index (χ2n) is 5.08. The Hall–Kier alpha value is -2.87. The van der Waals surface area contributed by atoms with Crippen LogP contribution in [0.4, 0.5) is 4.39 Å². The maximum Gasteiger partial charge on any atom is 0.203 e. The third-order valence-corrected chi connectivity index (χ3v) is 3.95. The lowest BCUT2D eigenvalue weighted by Gasteiger charge is -2.14. The highest BCUT2D eigenvalue weighted by atomic mass is 32.1. The van der Waals surface area contributed by atoms with Gasteiger partial charge in [0.2, 0.25) is 5.75 Å². The minimum Gasteiger partial charge on any atom is -0.493 e. The molecule has 130 valence electrons. The van der Waals surface area contributed by atoms with Gasteiger partial charge in [-0.15, -0.1) is 0 Å². The van der Waals surface area contributed by atoms with Gasteiger partial charge in [-0.3, -0.25) is 9.67 Å². The maximum atomic E-state index is 13.2. The van der Waals surface area contributed by atoms with E-state index in [0.29, 0.717) is 39.1 Å². The molecule has 0 aliphatic carbocycles. The van der Waals surface area contributed by atoms with E-state index in [-0.39, 0.29) is 5.82 Å². The minimum absolute atomic E-state index is 0.326. The van der Waals surface area contributed by atoms with Crippen LogP contribution in [0.2, 0.25) is 0 Å². The number of ether oxygens (including phenoxy) is 3. The van der Waals surface area contributed by atoms with Gasteiger partial charge in [0.05, 0.1) is 27.0 Å². The van der Waals surface area contributed by atoms with E-state index < -0.39 is 0 Å². The fourth-order valence-corrected chi connectivity index (χ4v) is 2.77. The zero-order valence-electron chi connectivity index (χ0n) is 13.9. The van der Waals surface area contributed by atoms with Crippen LogP contribution in [-0.2, 0) is 0 Å². The predicted molar refractivity (Wildman–Crippen MR) is 93.8 cm³/mol. The molecule has 0 aliphatic rings. The summed E-state index contributed by atoms with van der Waals surface area (Å²) in [6.45, 7) is 0. The first-order chi connectivity index (χ1) is 12.1. The summed E-state index contributed by atoms with van der Waals surface area (Å²) in [6.07, 6.45) is 0. The smallest absolute Gasteiger partial charge is 0.203 e. The molecule has 25 heavy (non-hydrogen) atoms. The summed E-state index contributed by atoms with van der Waals surface area (Å²) in [7, 11) is 4.62. The highest BCUT2D eigenvalue weighted by Gasteiger charge is 2.18. The molecule has 0 bridgehead atoms. The Labute approximate surface area is 148 Å². The number of nitrogens with one attached hydrogen (secondary N) is 1. The van der Waals surface area contributed by atoms with Gasteiger partial charge in [-0.05, 0) is 48.6 Å². The lowest BCUT2D eigenvalue weighted by molar-refractivity contribution is 0.324. The van der Waals surface area contributed by atoms with Crippen molar-refractivity contribution in [2.45, 2.75) is 0 Å². The lowest BCUT2D eigenvalue weighted by atomic mass is 10.1. The lowest BCUT2D eigenvalue weighted by Crippen LogP contribution is -2.00. The van der Waals surface area contributed by atoms with E-state index in [9.17, 15) is 4.39 Å². The molecule has 0 amide bonds. The van der Waals surface area contributed by atoms with Gasteiger partial charge >= 0.3 is 0 Å². The summed E-state index contributed by atoms with van der Waals surface area (Å²) >= 11 is 5.32. The van der Waals surface area contributed by atoms with E-state index in [0.717, 1.165) is 0 Å². The molecular weight excluding hydrogens is 345 g/mol. The van der Waals surface area contributed by atoms with E-state index in [1.165, 1.54) is 33.5 Å². The van der Waals surface area contributed by atoms with Gasteiger partial charge in [0.15, 0.2) is 22.1 Å². The van der Waals surface area contributed by atoms with Crippen molar-refractivity contribution in [3.8, 4) is 34.3 Å². The monoisotopic (exact) mass is 361 g/mol. The van der Waals surface area contributed by atoms with Crippen molar-refractivity contribution in [1.29, 1.82) is 0 Å². The van der Waals surface area contributed by atoms with Crippen LogP contribution in [0.1, 0.15) is 0 Å². The molecule has 0 atom stereocenters. The van der Waals surface area contributed by atoms with Gasteiger partial charge in [0.1, 0.15) is 5.82 Å². The van der Waals surface area contributed by atoms with Gasteiger partial charge in [0, 0.05) is 5.56 Å². The molecule has 0 spiro atoms. The molecule has 0 saturated carbocycles. The molecule has 8 heteroatoms. The topological polar surface area (TPSA) is 61.3 Å². The first-order valence-electron chi connectivity index (χ1n) is 7.32. The Morgan fingerprint density at radius 3 is 2.12 bits per heavy atom. The predicted octanol–water partition coefficient (Wildman–Crippen LogP) is 3.76. The average Bonchev–Trinajstić information content (AvgIpc) is 3.02. The number of nitrogens with zero attached hydrogens (tertiary/aromatic N) is 2. The molecule has 0 saturated heterocycles. The van der Waals surface area contributed by atoms with Gasteiger partial charge in [-0.2, -0.15) is 5.10 Å². The molecule has 6 nitrogen and oxygen atoms in total. The Balaban J connectivity index is 2.21. The summed E-state index contributed by atoms with van der Waals surface area (Å²) in [6, 6.07) is 9.52. The van der Waals surface area contributed by atoms with Gasteiger partial charge in [-0.25, -0.2) is 4.39 Å². The zero-order valence-corrected chi connectivity index (χ0v) is 14.7. The number of hydrogen-bond acceptors (Lipinski definition) is 5. The van der Waals surface area contributed by atoms with Crippen molar-refractivity contribution >= 4 is 12.2 Å². The van der Waals surface area contributed by atoms with Gasteiger partial charge in [-0.1, -0.05) is 0 Å². The first-order valence-corrected chi connectivity index (χ1v) is 7.73. The highest BCUT2D eigenvalue weighted by molar-refractivity contribution is 7.71. The van der Waals surface area contributed by atoms with E-state index >= 15 is 0 Å². The van der Waals surface area contributed by atoms with Crippen LogP contribution in [0.5, 0.6) is 17.2 Å². The second-order valence-corrected chi connectivity index (χ2v) is 5.46. The van der Waals surface area contributed by atoms with Crippen LogP contribution in [0.3, 0.4) is 0 Å². The number of halogens is 1. The third-order valence-electron chi connectivity index (χ3n) is 3.68. The first kappa shape index (κ1) is 17.0. The number of rotatable bonds is 5. The Bertz CT molecular complexity index is 926. The number of aromatic amines is 1. The Morgan fingerprint density at radius 2 is 1.60 bits per heavy atom. The quantitative estimate of drug-likeness (QED) is 0.701. The fraction of sp³-hybridized carbons (Fsp3) is 0.176. The zero-order chi connectivity index (χ0) is 18.0. The molecule has 0 unspecified atom stereocenters. The number of H-pyrrole nitrogens is 1. The van der Waals surface area contributed by atoms with Crippen LogP contribution in [0.25, 0.3) is 17.1 Å². The van der Waals surface area contributed by atoms with E-state index in [1.54, 1.807) is 28.8 Å². The van der Waals surface area contributed by atoms with Crippen molar-refractivity contribution in [3.05, 3.63) is 47.0 Å². The van der Waals surface area contributed by atoms with Crippen molar-refractivity contribution in [2.75, 3.05) is 21.3 Å². The number of hydrogen-bond donors (Lipinski definition) is 1. The fourth-order valence-electron chi connectivity index (χ4n) is 2.53. The Kier molecular flexibility index (Phi) is 4.71. The van der Waals surface area contributed by atoms with Crippen LogP contribution < -0.4 is 14.2 Å². The largest absolute Gasteiger partial charge is 0.493 e. The van der Waals surface area contributed by atoms with Gasteiger partial charge in [0.25, 0.3) is 0 Å². The molecule has 2 aromatic carbocycles. The molecule has 3 rings (SSSR count). The minimum atomic E-state index is -0.326. The van der Waals surface area contributed by atoms with E-state index in [4.69, 9.17) is 26.4 Å². The third kappa shape index (κ3) is 3.08. The molecule has 3 aromatic rings. The van der Waals surface area contributed by atoms with Crippen LogP contribution in [0.15, 0.2) is 36.4 Å². The van der Waals surface area contributed by atoms with Crippen molar-refractivity contribution < 1.29 is 18.6 Å². The van der Waals surface area contributed by atoms with Crippen molar-refractivity contribution in [2.24, 2.45) is 0 Å². The average molecular weight is 361 g/mol. The summed E-state index contributed by atoms with van der Waals surface area (Å²) in [5, 5.41) is 7.05. The summed E-state index contributed by atoms with van der Waals surface area (Å²) in [4.78, 5) is 0. The summed E-state index contributed by atoms with van der Waals surface area (Å²) < 4.78 is 31.4. The van der Waals surface area contributed by atoms with E-state index in [1.807, 2.05) is 0 Å². The normalized spacial score (nSPS) is 10.6. The maximum absolute atomic E-state index is 13.2. The second kappa shape index (κ2) is 6.94. The summed E-state index contributed by atoms with van der Waals surface area (Å²) in [5.41, 5.74) is 1.38. The molecule has 0 fully saturated rings.